The number of nitrogens with zero attached hydrogens (tertiary/aromatic N) is 1. The number of hydrogen-bond donors (Lipinski definition) is 0. The van der Waals surface area contributed by atoms with Crippen molar-refractivity contribution < 1.29 is 4.84 Å². The van der Waals surface area contributed by atoms with Gasteiger partial charge in [-0.3, -0.25) is 0 Å². The van der Waals surface area contributed by atoms with E-state index in [-0.39, 0.29) is 0 Å². The molecule has 2 nitrogen and oxygen atoms in total. The highest BCUT2D eigenvalue weighted by molar-refractivity contribution is 9.10. The van der Waals surface area contributed by atoms with Gasteiger partial charge in [-0.05, 0) is 23.3 Å². The highest BCUT2D eigenvalue weighted by atomic mass is 79.9. The Labute approximate surface area is 109 Å². The summed E-state index contributed by atoms with van der Waals surface area (Å²) in [5.74, 6) is 0. The predicted octanol–water partition coefficient (Wildman–Crippen LogP) is 4.00. The Morgan fingerprint density at radius 1 is 1.00 bits per heavy atom. The lowest BCUT2D eigenvalue weighted by Crippen LogP contribution is -1.87. The Morgan fingerprint density at radius 2 is 1.71 bits per heavy atom. The van der Waals surface area contributed by atoms with Crippen molar-refractivity contribution >= 4 is 22.1 Å². The Balaban J connectivity index is 1.84. The minimum Gasteiger partial charge on any atom is -0.391 e. The molecule has 86 valence electrons. The van der Waals surface area contributed by atoms with Crippen molar-refractivity contribution in [3.63, 3.8) is 0 Å². The summed E-state index contributed by atoms with van der Waals surface area (Å²) >= 11 is 3.38. The van der Waals surface area contributed by atoms with Gasteiger partial charge in [0.2, 0.25) is 0 Å². The molecule has 0 aliphatic heterocycles. The fourth-order valence-corrected chi connectivity index (χ4v) is 1.60. The van der Waals surface area contributed by atoms with Gasteiger partial charge in [0, 0.05) is 4.47 Å². The molecule has 2 aromatic carbocycles. The molecule has 0 aliphatic carbocycles. The summed E-state index contributed by atoms with van der Waals surface area (Å²) in [6, 6.07) is 17.9. The molecule has 0 spiro atoms. The topological polar surface area (TPSA) is 21.6 Å². The summed E-state index contributed by atoms with van der Waals surface area (Å²) in [6.45, 7) is 0.494. The molecule has 2 rings (SSSR count). The average molecular weight is 290 g/mol. The molecule has 0 N–H and O–H groups in total. The number of hydrogen-bond acceptors (Lipinski definition) is 2. The molecule has 0 amide bonds. The van der Waals surface area contributed by atoms with Gasteiger partial charge in [0.25, 0.3) is 0 Å². The molecule has 0 aromatic heterocycles. The summed E-state index contributed by atoms with van der Waals surface area (Å²) in [7, 11) is 0. The summed E-state index contributed by atoms with van der Waals surface area (Å²) in [4.78, 5) is 5.21. The van der Waals surface area contributed by atoms with Crippen molar-refractivity contribution in [2.45, 2.75) is 6.61 Å². The van der Waals surface area contributed by atoms with E-state index in [1.807, 2.05) is 54.6 Å². The standard InChI is InChI=1S/C14H12BrNO/c15-14-8-6-12(7-9-14)10-16-17-11-13-4-2-1-3-5-13/h1-10H,11H2. The zero-order chi connectivity index (χ0) is 11.9. The molecule has 0 aliphatic rings. The monoisotopic (exact) mass is 289 g/mol. The summed E-state index contributed by atoms with van der Waals surface area (Å²) in [6.07, 6.45) is 1.70. The first-order valence-electron chi connectivity index (χ1n) is 5.29. The van der Waals surface area contributed by atoms with Crippen LogP contribution in [0.4, 0.5) is 0 Å². The second kappa shape index (κ2) is 6.21. The first kappa shape index (κ1) is 11.9. The lowest BCUT2D eigenvalue weighted by atomic mass is 10.2. The molecular weight excluding hydrogens is 278 g/mol. The number of rotatable bonds is 4. The van der Waals surface area contributed by atoms with E-state index in [1.54, 1.807) is 6.21 Å². The van der Waals surface area contributed by atoms with E-state index in [9.17, 15) is 0 Å². The number of oxime groups is 1. The van der Waals surface area contributed by atoms with Gasteiger partial charge in [0.05, 0.1) is 6.21 Å². The lowest BCUT2D eigenvalue weighted by molar-refractivity contribution is 0.132. The zero-order valence-corrected chi connectivity index (χ0v) is 10.8. The van der Waals surface area contributed by atoms with Gasteiger partial charge in [0.1, 0.15) is 6.61 Å². The smallest absolute Gasteiger partial charge is 0.142 e. The maximum absolute atomic E-state index is 5.21. The second-order valence-corrected chi connectivity index (χ2v) is 4.46. The van der Waals surface area contributed by atoms with Crippen LogP contribution in [0.2, 0.25) is 0 Å². The summed E-state index contributed by atoms with van der Waals surface area (Å²) in [5.41, 5.74) is 2.13. The van der Waals surface area contributed by atoms with Crippen molar-refractivity contribution in [2.24, 2.45) is 5.16 Å². The van der Waals surface area contributed by atoms with Crippen molar-refractivity contribution in [1.29, 1.82) is 0 Å². The molecule has 17 heavy (non-hydrogen) atoms. The van der Waals surface area contributed by atoms with Gasteiger partial charge in [-0.25, -0.2) is 0 Å². The predicted molar refractivity (Wildman–Crippen MR) is 73.0 cm³/mol. The highest BCUT2D eigenvalue weighted by Crippen LogP contribution is 2.09. The molecule has 0 bridgehead atoms. The summed E-state index contributed by atoms with van der Waals surface area (Å²) in [5, 5.41) is 3.93. The zero-order valence-electron chi connectivity index (χ0n) is 9.21. The van der Waals surface area contributed by atoms with Gasteiger partial charge in [-0.2, -0.15) is 0 Å². The van der Waals surface area contributed by atoms with Crippen LogP contribution in [0.15, 0.2) is 64.2 Å². The molecule has 0 saturated carbocycles. The molecule has 0 saturated heterocycles. The van der Waals surface area contributed by atoms with Crippen LogP contribution in [-0.4, -0.2) is 6.21 Å². The maximum Gasteiger partial charge on any atom is 0.142 e. The van der Waals surface area contributed by atoms with Crippen LogP contribution in [0.3, 0.4) is 0 Å². The van der Waals surface area contributed by atoms with Gasteiger partial charge < -0.3 is 4.84 Å². The van der Waals surface area contributed by atoms with Crippen molar-refractivity contribution in [3.05, 3.63) is 70.2 Å². The second-order valence-electron chi connectivity index (χ2n) is 3.55. The Bertz CT molecular complexity index is 479. The van der Waals surface area contributed by atoms with Crippen molar-refractivity contribution in [2.75, 3.05) is 0 Å². The Hall–Kier alpha value is -1.61. The minimum atomic E-state index is 0.494. The maximum atomic E-state index is 5.21. The molecule has 0 fully saturated rings. The summed E-state index contributed by atoms with van der Waals surface area (Å²) < 4.78 is 1.06. The molecule has 2 aromatic rings. The van der Waals surface area contributed by atoms with E-state index in [4.69, 9.17) is 4.84 Å². The van der Waals surface area contributed by atoms with Gasteiger partial charge in [-0.15, -0.1) is 0 Å². The first-order chi connectivity index (χ1) is 8.34. The molecule has 0 heterocycles. The van der Waals surface area contributed by atoms with Crippen molar-refractivity contribution in [1.82, 2.24) is 0 Å². The SMILES string of the molecule is Brc1ccc(C=NOCc2ccccc2)cc1. The van der Waals surface area contributed by atoms with Crippen LogP contribution in [-0.2, 0) is 11.4 Å². The quantitative estimate of drug-likeness (QED) is 0.616. The largest absolute Gasteiger partial charge is 0.391 e. The Kier molecular flexibility index (Phi) is 4.33. The normalized spacial score (nSPS) is 10.6. The molecular formula is C14H12BrNO. The number of halogens is 1. The fourth-order valence-electron chi connectivity index (χ4n) is 1.33. The van der Waals surface area contributed by atoms with Gasteiger partial charge >= 0.3 is 0 Å². The van der Waals surface area contributed by atoms with Gasteiger partial charge in [0.15, 0.2) is 0 Å². The highest BCUT2D eigenvalue weighted by Gasteiger charge is 1.90. The first-order valence-corrected chi connectivity index (χ1v) is 6.09. The van der Waals surface area contributed by atoms with Crippen molar-refractivity contribution in [3.8, 4) is 0 Å². The van der Waals surface area contributed by atoms with Crippen LogP contribution in [0, 0.1) is 0 Å². The van der Waals surface area contributed by atoms with E-state index in [1.165, 1.54) is 0 Å². The van der Waals surface area contributed by atoms with E-state index in [0.717, 1.165) is 15.6 Å². The van der Waals surface area contributed by atoms with Crippen LogP contribution < -0.4 is 0 Å². The van der Waals surface area contributed by atoms with Crippen LogP contribution >= 0.6 is 15.9 Å². The number of benzene rings is 2. The fraction of sp³-hybridized carbons (Fsp3) is 0.0714. The van der Waals surface area contributed by atoms with E-state index in [2.05, 4.69) is 21.1 Å². The van der Waals surface area contributed by atoms with E-state index >= 15 is 0 Å². The minimum absolute atomic E-state index is 0.494. The van der Waals surface area contributed by atoms with Crippen LogP contribution in [0.5, 0.6) is 0 Å². The lowest BCUT2D eigenvalue weighted by Gasteiger charge is -1.98. The third-order valence-electron chi connectivity index (χ3n) is 2.22. The Morgan fingerprint density at radius 3 is 2.41 bits per heavy atom. The van der Waals surface area contributed by atoms with E-state index < -0.39 is 0 Å². The average Bonchev–Trinajstić information content (AvgIpc) is 2.38. The molecule has 0 unspecified atom stereocenters. The molecule has 0 atom stereocenters. The van der Waals surface area contributed by atoms with E-state index in [0.29, 0.717) is 6.61 Å². The van der Waals surface area contributed by atoms with Gasteiger partial charge in [-0.1, -0.05) is 63.6 Å². The van der Waals surface area contributed by atoms with Crippen LogP contribution in [0.1, 0.15) is 11.1 Å². The molecule has 0 radical (unpaired) electrons. The van der Waals surface area contributed by atoms with Crippen LogP contribution in [0.25, 0.3) is 0 Å². The molecule has 3 heteroatoms. The third kappa shape index (κ3) is 4.04. The third-order valence-corrected chi connectivity index (χ3v) is 2.75.